The summed E-state index contributed by atoms with van der Waals surface area (Å²) in [4.78, 5) is 18.2. The van der Waals surface area contributed by atoms with Crippen LogP contribution in [0.2, 0.25) is 0 Å². The molecule has 7 heteroatoms. The van der Waals surface area contributed by atoms with Crippen molar-refractivity contribution in [3.63, 3.8) is 0 Å². The first kappa shape index (κ1) is 17.5. The Morgan fingerprint density at radius 1 is 1.24 bits per heavy atom. The first-order valence-electron chi connectivity index (χ1n) is 8.91. The fourth-order valence-electron chi connectivity index (χ4n) is 3.17. The summed E-state index contributed by atoms with van der Waals surface area (Å²) in [6, 6.07) is 10.2. The average Bonchev–Trinajstić information content (AvgIpc) is 3.11. The van der Waals surface area contributed by atoms with Gasteiger partial charge in [0.05, 0.1) is 6.54 Å². The Morgan fingerprint density at radius 3 is 2.68 bits per heavy atom. The largest absolute Gasteiger partial charge is 0.343 e. The zero-order chi connectivity index (χ0) is 17.6. The molecule has 1 aliphatic rings. The van der Waals surface area contributed by atoms with E-state index >= 15 is 0 Å². The highest BCUT2D eigenvalue weighted by Crippen LogP contribution is 2.16. The SMILES string of the molecule is CN1CCC(N(C)C(=O)CCCn2nnc(-c3ccccc3)n2)CC1. The fraction of sp³-hybridized carbons (Fsp3) is 0.556. The van der Waals surface area contributed by atoms with Gasteiger partial charge in [-0.05, 0) is 44.6 Å². The normalized spacial score (nSPS) is 16.1. The third kappa shape index (κ3) is 4.63. The zero-order valence-electron chi connectivity index (χ0n) is 15.0. The van der Waals surface area contributed by atoms with Gasteiger partial charge in [0.2, 0.25) is 11.7 Å². The summed E-state index contributed by atoms with van der Waals surface area (Å²) >= 11 is 0. The van der Waals surface area contributed by atoms with E-state index in [0.717, 1.165) is 37.9 Å². The lowest BCUT2D eigenvalue weighted by Gasteiger charge is -2.35. The summed E-state index contributed by atoms with van der Waals surface area (Å²) < 4.78 is 0. The summed E-state index contributed by atoms with van der Waals surface area (Å²) in [6.07, 6.45) is 3.36. The topological polar surface area (TPSA) is 67.2 Å². The van der Waals surface area contributed by atoms with Crippen molar-refractivity contribution in [1.82, 2.24) is 30.0 Å². The van der Waals surface area contributed by atoms with Crippen molar-refractivity contribution in [2.75, 3.05) is 27.2 Å². The minimum absolute atomic E-state index is 0.206. The highest BCUT2D eigenvalue weighted by molar-refractivity contribution is 5.76. The number of amides is 1. The predicted molar refractivity (Wildman–Crippen MR) is 95.8 cm³/mol. The van der Waals surface area contributed by atoms with Crippen molar-refractivity contribution >= 4 is 5.91 Å². The molecular weight excluding hydrogens is 316 g/mol. The van der Waals surface area contributed by atoms with Crippen molar-refractivity contribution in [2.45, 2.75) is 38.3 Å². The van der Waals surface area contributed by atoms with Crippen LogP contribution in [0.5, 0.6) is 0 Å². The van der Waals surface area contributed by atoms with E-state index in [4.69, 9.17) is 0 Å². The lowest BCUT2D eigenvalue weighted by atomic mass is 10.0. The summed E-state index contributed by atoms with van der Waals surface area (Å²) in [5.74, 6) is 0.827. The Balaban J connectivity index is 1.45. The number of benzene rings is 1. The van der Waals surface area contributed by atoms with E-state index in [9.17, 15) is 4.79 Å². The van der Waals surface area contributed by atoms with E-state index in [-0.39, 0.29) is 5.91 Å². The van der Waals surface area contributed by atoms with Gasteiger partial charge in [-0.3, -0.25) is 4.79 Å². The van der Waals surface area contributed by atoms with Gasteiger partial charge in [0.15, 0.2) is 0 Å². The molecule has 1 aliphatic heterocycles. The number of piperidine rings is 1. The van der Waals surface area contributed by atoms with Crippen molar-refractivity contribution in [3.8, 4) is 11.4 Å². The lowest BCUT2D eigenvalue weighted by molar-refractivity contribution is -0.132. The van der Waals surface area contributed by atoms with Crippen molar-refractivity contribution in [2.24, 2.45) is 0 Å². The van der Waals surface area contributed by atoms with Crippen LogP contribution < -0.4 is 0 Å². The minimum atomic E-state index is 0.206. The van der Waals surface area contributed by atoms with Gasteiger partial charge in [-0.1, -0.05) is 30.3 Å². The molecule has 0 spiro atoms. The molecule has 0 radical (unpaired) electrons. The van der Waals surface area contributed by atoms with Crippen molar-refractivity contribution in [3.05, 3.63) is 30.3 Å². The van der Waals surface area contributed by atoms with Gasteiger partial charge < -0.3 is 9.80 Å². The molecule has 25 heavy (non-hydrogen) atoms. The molecule has 0 atom stereocenters. The van der Waals surface area contributed by atoms with Gasteiger partial charge in [0.25, 0.3) is 0 Å². The van der Waals surface area contributed by atoms with Gasteiger partial charge in [-0.15, -0.1) is 10.2 Å². The molecule has 1 aromatic carbocycles. The van der Waals surface area contributed by atoms with Crippen LogP contribution in [-0.4, -0.2) is 69.1 Å². The Morgan fingerprint density at radius 2 is 1.96 bits per heavy atom. The first-order valence-corrected chi connectivity index (χ1v) is 8.91. The Bertz CT molecular complexity index is 678. The molecule has 3 rings (SSSR count). The second-order valence-electron chi connectivity index (χ2n) is 6.72. The highest BCUT2D eigenvalue weighted by atomic mass is 16.2. The maximum atomic E-state index is 12.4. The van der Waals surface area contributed by atoms with Crippen LogP contribution in [0.4, 0.5) is 0 Å². The standard InChI is InChI=1S/C18H26N6O/c1-22-13-10-16(11-14-22)23(2)17(25)9-6-12-24-20-18(19-21-24)15-7-4-3-5-8-15/h3-5,7-8,16H,6,9-14H2,1-2H3. The Labute approximate surface area is 148 Å². The summed E-state index contributed by atoms with van der Waals surface area (Å²) in [7, 11) is 4.06. The zero-order valence-corrected chi connectivity index (χ0v) is 15.0. The highest BCUT2D eigenvalue weighted by Gasteiger charge is 2.23. The second-order valence-corrected chi connectivity index (χ2v) is 6.72. The van der Waals surface area contributed by atoms with E-state index in [1.54, 1.807) is 4.80 Å². The fourth-order valence-corrected chi connectivity index (χ4v) is 3.17. The number of nitrogens with zero attached hydrogens (tertiary/aromatic N) is 6. The van der Waals surface area contributed by atoms with Gasteiger partial charge in [0, 0.05) is 25.1 Å². The minimum Gasteiger partial charge on any atom is -0.343 e. The van der Waals surface area contributed by atoms with E-state index in [1.807, 2.05) is 42.3 Å². The van der Waals surface area contributed by atoms with Gasteiger partial charge in [-0.25, -0.2) is 0 Å². The summed E-state index contributed by atoms with van der Waals surface area (Å²) in [5, 5.41) is 12.5. The number of hydrogen-bond donors (Lipinski definition) is 0. The molecule has 1 amide bonds. The van der Waals surface area contributed by atoms with Crippen LogP contribution in [0.1, 0.15) is 25.7 Å². The van der Waals surface area contributed by atoms with E-state index in [1.165, 1.54) is 0 Å². The van der Waals surface area contributed by atoms with Gasteiger partial charge in [0.1, 0.15) is 0 Å². The number of carbonyl (C=O) groups is 1. The van der Waals surface area contributed by atoms with E-state index in [0.29, 0.717) is 24.8 Å². The molecule has 1 aromatic heterocycles. The number of carbonyl (C=O) groups excluding carboxylic acids is 1. The number of tetrazole rings is 1. The molecule has 0 bridgehead atoms. The maximum Gasteiger partial charge on any atom is 0.222 e. The number of rotatable bonds is 6. The van der Waals surface area contributed by atoms with Crippen LogP contribution in [0, 0.1) is 0 Å². The van der Waals surface area contributed by atoms with Crippen LogP contribution in [0.3, 0.4) is 0 Å². The van der Waals surface area contributed by atoms with Gasteiger partial charge in [-0.2, -0.15) is 4.80 Å². The molecule has 7 nitrogen and oxygen atoms in total. The van der Waals surface area contributed by atoms with Crippen molar-refractivity contribution in [1.29, 1.82) is 0 Å². The maximum absolute atomic E-state index is 12.4. The number of likely N-dealkylation sites (tertiary alicyclic amines) is 1. The molecule has 1 saturated heterocycles. The first-order chi connectivity index (χ1) is 12.1. The third-order valence-electron chi connectivity index (χ3n) is 4.86. The summed E-state index contributed by atoms with van der Waals surface area (Å²) in [5.41, 5.74) is 0.951. The predicted octanol–water partition coefficient (Wildman–Crippen LogP) is 1.67. The Hall–Kier alpha value is -2.28. The average molecular weight is 342 g/mol. The molecule has 0 saturated carbocycles. The number of aromatic nitrogens is 4. The van der Waals surface area contributed by atoms with E-state index in [2.05, 4.69) is 27.4 Å². The van der Waals surface area contributed by atoms with E-state index < -0.39 is 0 Å². The molecule has 0 aliphatic carbocycles. The van der Waals surface area contributed by atoms with Gasteiger partial charge >= 0.3 is 0 Å². The molecule has 2 aromatic rings. The Kier molecular flexibility index (Phi) is 5.75. The number of hydrogen-bond acceptors (Lipinski definition) is 5. The molecule has 134 valence electrons. The number of aryl methyl sites for hydroxylation is 1. The molecule has 2 heterocycles. The molecule has 0 unspecified atom stereocenters. The third-order valence-corrected chi connectivity index (χ3v) is 4.86. The quantitative estimate of drug-likeness (QED) is 0.799. The van der Waals surface area contributed by atoms with Crippen LogP contribution in [0.25, 0.3) is 11.4 Å². The van der Waals surface area contributed by atoms with Crippen LogP contribution in [-0.2, 0) is 11.3 Å². The smallest absolute Gasteiger partial charge is 0.222 e. The molecule has 1 fully saturated rings. The van der Waals surface area contributed by atoms with Crippen LogP contribution >= 0.6 is 0 Å². The van der Waals surface area contributed by atoms with Crippen molar-refractivity contribution < 1.29 is 4.79 Å². The molecule has 0 N–H and O–H groups in total. The lowest BCUT2D eigenvalue weighted by Crippen LogP contribution is -2.44. The van der Waals surface area contributed by atoms with Crippen LogP contribution in [0.15, 0.2) is 30.3 Å². The molecular formula is C18H26N6O. The monoisotopic (exact) mass is 342 g/mol. The second kappa shape index (κ2) is 8.20. The summed E-state index contributed by atoms with van der Waals surface area (Å²) in [6.45, 7) is 2.73.